The van der Waals surface area contributed by atoms with Gasteiger partial charge in [-0.05, 0) is 6.92 Å². The number of anilines is 1. The Morgan fingerprint density at radius 2 is 2.28 bits per heavy atom. The van der Waals surface area contributed by atoms with E-state index in [0.717, 1.165) is 0 Å². The van der Waals surface area contributed by atoms with Gasteiger partial charge in [-0.25, -0.2) is 9.78 Å². The molecule has 7 nitrogen and oxygen atoms in total. The summed E-state index contributed by atoms with van der Waals surface area (Å²) in [5.41, 5.74) is 5.59. The number of rotatable bonds is 7. The van der Waals surface area contributed by atoms with Crippen LogP contribution in [0.25, 0.3) is 0 Å². The van der Waals surface area contributed by atoms with Crippen LogP contribution < -0.4 is 16.4 Å². The maximum atomic E-state index is 11.2. The van der Waals surface area contributed by atoms with Crippen LogP contribution in [0.5, 0.6) is 0 Å². The number of esters is 1. The summed E-state index contributed by atoms with van der Waals surface area (Å²) in [7, 11) is 0. The predicted molar refractivity (Wildman–Crippen MR) is 68.5 cm³/mol. The molecule has 8 heteroatoms. The molecule has 18 heavy (non-hydrogen) atoms. The van der Waals surface area contributed by atoms with Gasteiger partial charge in [0, 0.05) is 18.5 Å². The Bertz CT molecular complexity index is 408. The Morgan fingerprint density at radius 3 is 2.94 bits per heavy atom. The zero-order chi connectivity index (χ0) is 13.4. The quantitative estimate of drug-likeness (QED) is 0.490. The van der Waals surface area contributed by atoms with Crippen molar-refractivity contribution in [2.45, 2.75) is 13.3 Å². The van der Waals surface area contributed by atoms with Crippen molar-refractivity contribution in [2.75, 3.05) is 25.0 Å². The average Bonchev–Trinajstić information content (AvgIpc) is 2.72. The average molecular weight is 272 g/mol. The SMILES string of the molecule is CCOC(=O)Cc1csc(NCCNC(N)=O)n1. The monoisotopic (exact) mass is 272 g/mol. The lowest BCUT2D eigenvalue weighted by Gasteiger charge is -2.02. The lowest BCUT2D eigenvalue weighted by molar-refractivity contribution is -0.142. The fraction of sp³-hybridized carbons (Fsp3) is 0.500. The van der Waals surface area contributed by atoms with Gasteiger partial charge in [0.1, 0.15) is 0 Å². The zero-order valence-electron chi connectivity index (χ0n) is 10.1. The predicted octanol–water partition coefficient (Wildman–Crippen LogP) is 0.329. The molecule has 0 aliphatic rings. The highest BCUT2D eigenvalue weighted by atomic mass is 32.1. The van der Waals surface area contributed by atoms with Crippen LogP contribution >= 0.6 is 11.3 Å². The summed E-state index contributed by atoms with van der Waals surface area (Å²) in [5, 5.41) is 7.95. The van der Waals surface area contributed by atoms with E-state index in [0.29, 0.717) is 30.5 Å². The van der Waals surface area contributed by atoms with Crippen LogP contribution in [0.1, 0.15) is 12.6 Å². The number of urea groups is 1. The van der Waals surface area contributed by atoms with Gasteiger partial charge < -0.3 is 21.1 Å². The van der Waals surface area contributed by atoms with E-state index in [2.05, 4.69) is 15.6 Å². The number of ether oxygens (including phenoxy) is 1. The Hall–Kier alpha value is -1.83. The lowest BCUT2D eigenvalue weighted by Crippen LogP contribution is -2.33. The Labute approximate surface area is 109 Å². The zero-order valence-corrected chi connectivity index (χ0v) is 10.9. The first-order valence-electron chi connectivity index (χ1n) is 5.49. The number of carbonyl (C=O) groups excluding carboxylic acids is 2. The molecular formula is C10H16N4O3S. The number of carbonyl (C=O) groups is 2. The first-order valence-corrected chi connectivity index (χ1v) is 6.37. The van der Waals surface area contributed by atoms with Crippen LogP contribution in [0.4, 0.5) is 9.93 Å². The molecule has 1 aromatic heterocycles. The third-order valence-electron chi connectivity index (χ3n) is 1.88. The maximum absolute atomic E-state index is 11.2. The number of thiazole rings is 1. The molecule has 0 fully saturated rings. The van der Waals surface area contributed by atoms with E-state index >= 15 is 0 Å². The Morgan fingerprint density at radius 1 is 1.50 bits per heavy atom. The smallest absolute Gasteiger partial charge is 0.312 e. The third-order valence-corrected chi connectivity index (χ3v) is 2.73. The number of nitrogens with one attached hydrogen (secondary N) is 2. The third kappa shape index (κ3) is 5.48. The molecule has 0 radical (unpaired) electrons. The molecule has 0 aromatic carbocycles. The summed E-state index contributed by atoms with van der Waals surface area (Å²) in [6, 6.07) is -0.557. The lowest BCUT2D eigenvalue weighted by atomic mass is 10.3. The Kier molecular flexibility index (Phi) is 5.92. The summed E-state index contributed by atoms with van der Waals surface area (Å²) < 4.78 is 4.82. The van der Waals surface area contributed by atoms with E-state index < -0.39 is 6.03 Å². The molecular weight excluding hydrogens is 256 g/mol. The molecule has 4 N–H and O–H groups in total. The summed E-state index contributed by atoms with van der Waals surface area (Å²) in [6.45, 7) is 3.07. The topological polar surface area (TPSA) is 106 Å². The molecule has 0 bridgehead atoms. The second kappa shape index (κ2) is 7.49. The molecule has 0 saturated carbocycles. The highest BCUT2D eigenvalue weighted by molar-refractivity contribution is 7.13. The van der Waals surface area contributed by atoms with Crippen LogP contribution in [0.3, 0.4) is 0 Å². The van der Waals surface area contributed by atoms with Crippen LogP contribution in [0, 0.1) is 0 Å². The van der Waals surface area contributed by atoms with Crippen molar-refractivity contribution in [2.24, 2.45) is 5.73 Å². The van der Waals surface area contributed by atoms with Crippen molar-refractivity contribution in [1.82, 2.24) is 10.3 Å². The number of primary amides is 1. The van der Waals surface area contributed by atoms with Gasteiger partial charge in [0.15, 0.2) is 5.13 Å². The summed E-state index contributed by atoms with van der Waals surface area (Å²) in [5.74, 6) is -0.287. The standard InChI is InChI=1S/C10H16N4O3S/c1-2-17-8(15)5-7-6-18-10(14-7)13-4-3-12-9(11)16/h6H,2-5H2,1H3,(H,13,14)(H3,11,12,16). The van der Waals surface area contributed by atoms with Gasteiger partial charge in [0.25, 0.3) is 0 Å². The van der Waals surface area contributed by atoms with Crippen LogP contribution in [0.2, 0.25) is 0 Å². The number of aromatic nitrogens is 1. The van der Waals surface area contributed by atoms with Crippen molar-refractivity contribution >= 4 is 28.5 Å². The van der Waals surface area contributed by atoms with Gasteiger partial charge in [0.2, 0.25) is 0 Å². The molecule has 1 rings (SSSR count). The molecule has 0 aliphatic carbocycles. The minimum Gasteiger partial charge on any atom is -0.466 e. The van der Waals surface area contributed by atoms with Crippen molar-refractivity contribution in [1.29, 1.82) is 0 Å². The minimum atomic E-state index is -0.557. The number of nitrogens with zero attached hydrogens (tertiary/aromatic N) is 1. The van der Waals surface area contributed by atoms with Gasteiger partial charge in [-0.1, -0.05) is 0 Å². The van der Waals surface area contributed by atoms with Crippen LogP contribution in [-0.4, -0.2) is 36.7 Å². The van der Waals surface area contributed by atoms with E-state index in [4.69, 9.17) is 10.5 Å². The molecule has 2 amide bonds. The van der Waals surface area contributed by atoms with Crippen molar-refractivity contribution < 1.29 is 14.3 Å². The first-order chi connectivity index (χ1) is 8.61. The van der Waals surface area contributed by atoms with Gasteiger partial charge in [0.05, 0.1) is 18.7 Å². The van der Waals surface area contributed by atoms with Crippen molar-refractivity contribution in [3.63, 3.8) is 0 Å². The largest absolute Gasteiger partial charge is 0.466 e. The molecule has 1 aromatic rings. The van der Waals surface area contributed by atoms with Crippen LogP contribution in [0.15, 0.2) is 5.38 Å². The van der Waals surface area contributed by atoms with Crippen molar-refractivity contribution in [3.05, 3.63) is 11.1 Å². The van der Waals surface area contributed by atoms with E-state index in [1.54, 1.807) is 12.3 Å². The summed E-state index contributed by atoms with van der Waals surface area (Å²) >= 11 is 1.39. The number of hydrogen-bond donors (Lipinski definition) is 3. The van der Waals surface area contributed by atoms with Gasteiger partial charge in [-0.3, -0.25) is 4.79 Å². The second-order valence-corrected chi connectivity index (χ2v) is 4.20. The highest BCUT2D eigenvalue weighted by Crippen LogP contribution is 2.15. The molecule has 0 atom stereocenters. The Balaban J connectivity index is 2.29. The second-order valence-electron chi connectivity index (χ2n) is 3.34. The number of hydrogen-bond acceptors (Lipinski definition) is 6. The maximum Gasteiger partial charge on any atom is 0.312 e. The minimum absolute atomic E-state index is 0.172. The molecule has 0 unspecified atom stereocenters. The highest BCUT2D eigenvalue weighted by Gasteiger charge is 2.07. The normalized spacial score (nSPS) is 9.83. The number of amides is 2. The molecule has 1 heterocycles. The molecule has 100 valence electrons. The summed E-state index contributed by atoms with van der Waals surface area (Å²) in [6.07, 6.45) is 0.172. The van der Waals surface area contributed by atoms with Crippen LogP contribution in [-0.2, 0) is 16.0 Å². The van der Waals surface area contributed by atoms with E-state index in [9.17, 15) is 9.59 Å². The van der Waals surface area contributed by atoms with Gasteiger partial charge in [-0.2, -0.15) is 0 Å². The van der Waals surface area contributed by atoms with Gasteiger partial charge in [-0.15, -0.1) is 11.3 Å². The fourth-order valence-corrected chi connectivity index (χ4v) is 1.92. The molecule has 0 spiro atoms. The van der Waals surface area contributed by atoms with Crippen molar-refractivity contribution in [3.8, 4) is 0 Å². The number of nitrogens with two attached hydrogens (primary N) is 1. The molecule has 0 saturated heterocycles. The van der Waals surface area contributed by atoms with E-state index in [-0.39, 0.29) is 12.4 Å². The van der Waals surface area contributed by atoms with Gasteiger partial charge >= 0.3 is 12.0 Å². The summed E-state index contributed by atoms with van der Waals surface area (Å²) in [4.78, 5) is 25.8. The van der Waals surface area contributed by atoms with E-state index in [1.807, 2.05) is 0 Å². The fourth-order valence-electron chi connectivity index (χ4n) is 1.18. The van der Waals surface area contributed by atoms with E-state index in [1.165, 1.54) is 11.3 Å². The first kappa shape index (κ1) is 14.2. The molecule has 0 aliphatic heterocycles.